The number of carboxylic acid groups (broad SMARTS) is 1. The van der Waals surface area contributed by atoms with Gasteiger partial charge in [0.05, 0.1) is 0 Å². The summed E-state index contributed by atoms with van der Waals surface area (Å²) in [4.78, 5) is 16.9. The van der Waals surface area contributed by atoms with Crippen molar-refractivity contribution in [3.8, 4) is 0 Å². The van der Waals surface area contributed by atoms with Crippen LogP contribution in [0.15, 0.2) is 35.6 Å². The summed E-state index contributed by atoms with van der Waals surface area (Å²) in [6.45, 7) is 1.94. The molecule has 2 aromatic heterocycles. The third kappa shape index (κ3) is 3.03. The van der Waals surface area contributed by atoms with E-state index in [1.807, 2.05) is 6.92 Å². The molecule has 0 aliphatic heterocycles. The highest BCUT2D eigenvalue weighted by Gasteiger charge is 2.18. The quantitative estimate of drug-likeness (QED) is 0.758. The zero-order valence-electron chi connectivity index (χ0n) is 10.6. The lowest BCUT2D eigenvalue weighted by Gasteiger charge is -2.07. The maximum Gasteiger partial charge on any atom is 0.352 e. The second-order valence-corrected chi connectivity index (χ2v) is 5.95. The van der Waals surface area contributed by atoms with Crippen molar-refractivity contribution in [3.63, 3.8) is 0 Å². The highest BCUT2D eigenvalue weighted by Crippen LogP contribution is 2.12. The smallest absolute Gasteiger partial charge is 0.352 e. The van der Waals surface area contributed by atoms with E-state index in [1.54, 1.807) is 18.5 Å². The van der Waals surface area contributed by atoms with Gasteiger partial charge >= 0.3 is 5.97 Å². The lowest BCUT2D eigenvalue weighted by Crippen LogP contribution is -2.23. The van der Waals surface area contributed by atoms with Gasteiger partial charge in [-0.05, 0) is 30.2 Å². The van der Waals surface area contributed by atoms with Gasteiger partial charge in [-0.3, -0.25) is 4.98 Å². The number of carbonyl (C=O) groups is 1. The van der Waals surface area contributed by atoms with E-state index in [0.717, 1.165) is 23.4 Å². The monoisotopic (exact) mass is 295 g/mol. The number of nitrogens with one attached hydrogen (secondary N) is 2. The fourth-order valence-corrected chi connectivity index (χ4v) is 2.61. The number of aryl methyl sites for hydroxylation is 1. The van der Waals surface area contributed by atoms with E-state index < -0.39 is 16.0 Å². The Kier molecular flexibility index (Phi) is 3.86. The van der Waals surface area contributed by atoms with Crippen molar-refractivity contribution in [1.82, 2.24) is 14.7 Å². The van der Waals surface area contributed by atoms with Crippen LogP contribution in [0.25, 0.3) is 0 Å². The van der Waals surface area contributed by atoms with Crippen LogP contribution in [0.3, 0.4) is 0 Å². The zero-order valence-corrected chi connectivity index (χ0v) is 11.4. The number of aromatic nitrogens is 2. The van der Waals surface area contributed by atoms with Gasteiger partial charge in [-0.25, -0.2) is 17.9 Å². The minimum absolute atomic E-state index is 0.110. The Bertz CT molecular complexity index is 737. The highest BCUT2D eigenvalue weighted by molar-refractivity contribution is 7.89. The molecule has 0 aromatic carbocycles. The van der Waals surface area contributed by atoms with E-state index in [1.165, 1.54) is 0 Å². The zero-order chi connectivity index (χ0) is 14.8. The summed E-state index contributed by atoms with van der Waals surface area (Å²) in [7, 11) is -3.75. The first-order valence-electron chi connectivity index (χ1n) is 5.71. The molecule has 0 radical (unpaired) electrons. The molecule has 8 heteroatoms. The maximum atomic E-state index is 12.0. The Morgan fingerprint density at radius 3 is 2.85 bits per heavy atom. The Morgan fingerprint density at radius 2 is 2.25 bits per heavy atom. The number of hydrogen-bond donors (Lipinski definition) is 3. The summed E-state index contributed by atoms with van der Waals surface area (Å²) < 4.78 is 26.4. The molecule has 2 heterocycles. The van der Waals surface area contributed by atoms with Gasteiger partial charge in [-0.15, -0.1) is 0 Å². The first-order valence-corrected chi connectivity index (χ1v) is 7.19. The summed E-state index contributed by atoms with van der Waals surface area (Å²) in [5.41, 5.74) is 1.50. The van der Waals surface area contributed by atoms with Crippen LogP contribution in [0.1, 0.15) is 21.6 Å². The van der Waals surface area contributed by atoms with Crippen LogP contribution in [-0.4, -0.2) is 29.5 Å². The van der Waals surface area contributed by atoms with Crippen molar-refractivity contribution in [1.29, 1.82) is 0 Å². The van der Waals surface area contributed by atoms with Gasteiger partial charge in [-0.1, -0.05) is 0 Å². The molecule has 0 amide bonds. The minimum Gasteiger partial charge on any atom is -0.477 e. The Balaban J connectivity index is 2.15. The van der Waals surface area contributed by atoms with Gasteiger partial charge in [0, 0.05) is 25.1 Å². The van der Waals surface area contributed by atoms with Crippen LogP contribution in [0, 0.1) is 6.92 Å². The molecule has 106 valence electrons. The largest absolute Gasteiger partial charge is 0.477 e. The third-order valence-corrected chi connectivity index (χ3v) is 4.17. The first-order chi connectivity index (χ1) is 9.40. The highest BCUT2D eigenvalue weighted by atomic mass is 32.2. The second-order valence-electron chi connectivity index (χ2n) is 4.18. The fourth-order valence-electron chi connectivity index (χ4n) is 1.61. The number of aromatic carboxylic acids is 1. The van der Waals surface area contributed by atoms with Crippen LogP contribution in [0.5, 0.6) is 0 Å². The maximum absolute atomic E-state index is 12.0. The van der Waals surface area contributed by atoms with Crippen LogP contribution in [-0.2, 0) is 16.6 Å². The lowest BCUT2D eigenvalue weighted by atomic mass is 10.2. The Labute approximate surface area is 115 Å². The number of pyridine rings is 1. The predicted octanol–water partition coefficient (Wildman–Crippen LogP) is 0.895. The molecule has 0 bridgehead atoms. The van der Waals surface area contributed by atoms with E-state index in [0.29, 0.717) is 0 Å². The molecule has 0 saturated heterocycles. The number of rotatable bonds is 5. The minimum atomic E-state index is -3.75. The van der Waals surface area contributed by atoms with Gasteiger partial charge in [0.1, 0.15) is 10.6 Å². The normalized spacial score (nSPS) is 11.4. The topological polar surface area (TPSA) is 112 Å². The Morgan fingerprint density at radius 1 is 1.50 bits per heavy atom. The van der Waals surface area contributed by atoms with Crippen LogP contribution in [0.2, 0.25) is 0 Å². The molecule has 7 nitrogen and oxygen atoms in total. The molecule has 2 aromatic rings. The van der Waals surface area contributed by atoms with Gasteiger partial charge in [0.2, 0.25) is 10.0 Å². The average Bonchev–Trinajstić information content (AvgIpc) is 2.88. The molecule has 0 saturated carbocycles. The predicted molar refractivity (Wildman–Crippen MR) is 70.8 cm³/mol. The van der Waals surface area contributed by atoms with Crippen molar-refractivity contribution in [2.24, 2.45) is 0 Å². The van der Waals surface area contributed by atoms with E-state index in [-0.39, 0.29) is 17.1 Å². The van der Waals surface area contributed by atoms with E-state index >= 15 is 0 Å². The number of sulfonamides is 1. The summed E-state index contributed by atoms with van der Waals surface area (Å²) in [6, 6.07) is 2.79. The molecule has 0 aliphatic carbocycles. The van der Waals surface area contributed by atoms with Gasteiger partial charge in [0.15, 0.2) is 0 Å². The Hall–Kier alpha value is -2.19. The van der Waals surface area contributed by atoms with Gasteiger partial charge in [0.25, 0.3) is 0 Å². The second kappa shape index (κ2) is 5.43. The summed E-state index contributed by atoms with van der Waals surface area (Å²) >= 11 is 0. The molecule has 0 spiro atoms. The van der Waals surface area contributed by atoms with Crippen molar-refractivity contribution >= 4 is 16.0 Å². The molecule has 0 aliphatic rings. The third-order valence-electron chi connectivity index (χ3n) is 2.79. The molecule has 0 unspecified atom stereocenters. The molecular formula is C12H13N3O4S. The van der Waals surface area contributed by atoms with Crippen LogP contribution < -0.4 is 4.72 Å². The number of nitrogens with zero attached hydrogens (tertiary/aromatic N) is 1. The molecular weight excluding hydrogens is 282 g/mol. The SMILES string of the molecule is Cc1cnccc1CNS(=O)(=O)c1c[nH]c(C(=O)O)c1. The molecule has 3 N–H and O–H groups in total. The summed E-state index contributed by atoms with van der Waals surface area (Å²) in [5, 5.41) is 8.75. The average molecular weight is 295 g/mol. The van der Waals surface area contributed by atoms with Crippen molar-refractivity contribution < 1.29 is 18.3 Å². The van der Waals surface area contributed by atoms with Crippen molar-refractivity contribution in [3.05, 3.63) is 47.5 Å². The van der Waals surface area contributed by atoms with Gasteiger partial charge in [-0.2, -0.15) is 0 Å². The van der Waals surface area contributed by atoms with E-state index in [4.69, 9.17) is 5.11 Å². The standard InChI is InChI=1S/C12H13N3O4S/c1-8-5-13-3-2-9(8)6-15-20(18,19)10-4-11(12(16)17)14-7-10/h2-5,7,14-15H,6H2,1H3,(H,16,17). The number of H-pyrrole nitrogens is 1. The number of hydrogen-bond acceptors (Lipinski definition) is 4. The summed E-state index contributed by atoms with van der Waals surface area (Å²) in [5.74, 6) is -1.21. The van der Waals surface area contributed by atoms with Gasteiger partial charge < -0.3 is 10.1 Å². The molecule has 0 atom stereocenters. The number of aromatic amines is 1. The van der Waals surface area contributed by atoms with E-state index in [9.17, 15) is 13.2 Å². The number of carboxylic acids is 1. The van der Waals surface area contributed by atoms with Crippen molar-refractivity contribution in [2.45, 2.75) is 18.4 Å². The fraction of sp³-hybridized carbons (Fsp3) is 0.167. The molecule has 20 heavy (non-hydrogen) atoms. The lowest BCUT2D eigenvalue weighted by molar-refractivity contribution is 0.0691. The molecule has 0 fully saturated rings. The van der Waals surface area contributed by atoms with Crippen LogP contribution >= 0.6 is 0 Å². The van der Waals surface area contributed by atoms with Crippen LogP contribution in [0.4, 0.5) is 0 Å². The summed E-state index contributed by atoms with van der Waals surface area (Å²) in [6.07, 6.45) is 4.36. The van der Waals surface area contributed by atoms with Crippen molar-refractivity contribution in [2.75, 3.05) is 0 Å². The first kappa shape index (κ1) is 14.2. The van der Waals surface area contributed by atoms with E-state index in [2.05, 4.69) is 14.7 Å². The molecule has 2 rings (SSSR count).